The molecule has 0 aromatic carbocycles. The van der Waals surface area contributed by atoms with Crippen LogP contribution in [0.2, 0.25) is 5.02 Å². The van der Waals surface area contributed by atoms with Gasteiger partial charge in [0.15, 0.2) is 5.82 Å². The normalized spacial score (nSPS) is 19.9. The van der Waals surface area contributed by atoms with E-state index >= 15 is 0 Å². The summed E-state index contributed by atoms with van der Waals surface area (Å²) in [4.78, 5) is 27.4. The Hall–Kier alpha value is -1.93. The van der Waals surface area contributed by atoms with Crippen LogP contribution in [0.5, 0.6) is 0 Å². The Morgan fingerprint density at radius 1 is 1.43 bits per heavy atom. The summed E-state index contributed by atoms with van der Waals surface area (Å²) in [5.41, 5.74) is 0.274. The molecule has 3 rings (SSSR count). The molecular formula is C14H12BrClN4O3. The number of carboxylic acids is 1. The third-order valence-corrected chi connectivity index (χ3v) is 4.36. The van der Waals surface area contributed by atoms with Gasteiger partial charge in [0, 0.05) is 18.3 Å². The maximum Gasteiger partial charge on any atom is 0.306 e. The number of amides is 1. The predicted octanol–water partition coefficient (Wildman–Crippen LogP) is 2.28. The zero-order valence-electron chi connectivity index (χ0n) is 11.7. The maximum absolute atomic E-state index is 12.4. The molecule has 1 fully saturated rings. The van der Waals surface area contributed by atoms with Gasteiger partial charge in [0.05, 0.1) is 10.9 Å². The highest BCUT2D eigenvalue weighted by Gasteiger charge is 2.36. The highest BCUT2D eigenvalue weighted by molar-refractivity contribution is 9.10. The summed E-state index contributed by atoms with van der Waals surface area (Å²) in [6.07, 6.45) is 2.42. The monoisotopic (exact) mass is 398 g/mol. The van der Waals surface area contributed by atoms with Gasteiger partial charge < -0.3 is 10.4 Å². The molecule has 0 unspecified atom stereocenters. The Labute approximate surface area is 144 Å². The average molecular weight is 400 g/mol. The van der Waals surface area contributed by atoms with E-state index in [0.29, 0.717) is 28.3 Å². The van der Waals surface area contributed by atoms with Crippen molar-refractivity contribution in [1.82, 2.24) is 20.1 Å². The maximum atomic E-state index is 12.4. The zero-order valence-corrected chi connectivity index (χ0v) is 14.1. The highest BCUT2D eigenvalue weighted by Crippen LogP contribution is 2.28. The van der Waals surface area contributed by atoms with Crippen LogP contribution in [-0.2, 0) is 4.79 Å². The molecule has 0 atom stereocenters. The van der Waals surface area contributed by atoms with Crippen molar-refractivity contribution in [3.05, 3.63) is 39.7 Å². The van der Waals surface area contributed by atoms with Crippen LogP contribution in [0.4, 0.5) is 0 Å². The van der Waals surface area contributed by atoms with Gasteiger partial charge in [-0.15, -0.1) is 0 Å². The molecule has 0 radical (unpaired) electrons. The highest BCUT2D eigenvalue weighted by atomic mass is 79.9. The van der Waals surface area contributed by atoms with Crippen LogP contribution < -0.4 is 5.32 Å². The number of carbonyl (C=O) groups excluding carboxylic acids is 1. The second-order valence-electron chi connectivity index (χ2n) is 5.25. The average Bonchev–Trinajstić information content (AvgIpc) is 2.84. The molecule has 1 amide bonds. The summed E-state index contributed by atoms with van der Waals surface area (Å²) < 4.78 is 1.83. The molecule has 2 aromatic rings. The van der Waals surface area contributed by atoms with Crippen molar-refractivity contribution in [2.75, 3.05) is 0 Å². The van der Waals surface area contributed by atoms with Crippen LogP contribution in [0.25, 0.3) is 5.82 Å². The molecule has 2 heterocycles. The summed E-state index contributed by atoms with van der Waals surface area (Å²) in [5.74, 6) is -1.22. The number of carboxylic acid groups (broad SMARTS) is 1. The Kier molecular flexibility index (Phi) is 4.36. The van der Waals surface area contributed by atoms with Crippen LogP contribution in [0.1, 0.15) is 23.3 Å². The fourth-order valence-electron chi connectivity index (χ4n) is 2.41. The lowest BCUT2D eigenvalue weighted by molar-refractivity contribution is -0.145. The quantitative estimate of drug-likeness (QED) is 0.822. The summed E-state index contributed by atoms with van der Waals surface area (Å²) in [6, 6.07) is 4.76. The Balaban J connectivity index is 1.80. The van der Waals surface area contributed by atoms with Crippen LogP contribution in [-0.4, -0.2) is 37.8 Å². The van der Waals surface area contributed by atoms with E-state index in [1.807, 2.05) is 0 Å². The van der Waals surface area contributed by atoms with Gasteiger partial charge in [-0.3, -0.25) is 9.59 Å². The summed E-state index contributed by atoms with van der Waals surface area (Å²) in [6.45, 7) is 0. The molecule has 2 aromatic heterocycles. The molecule has 0 saturated heterocycles. The second-order valence-corrected chi connectivity index (χ2v) is 6.47. The van der Waals surface area contributed by atoms with Gasteiger partial charge in [-0.05, 0) is 40.9 Å². The molecule has 23 heavy (non-hydrogen) atoms. The molecule has 0 aliphatic heterocycles. The number of aliphatic carboxylic acids is 1. The first-order valence-electron chi connectivity index (χ1n) is 6.86. The molecule has 0 bridgehead atoms. The summed E-state index contributed by atoms with van der Waals surface area (Å²) >= 11 is 9.35. The number of hydrogen-bond donors (Lipinski definition) is 2. The van der Waals surface area contributed by atoms with Gasteiger partial charge in [-0.25, -0.2) is 9.67 Å². The van der Waals surface area contributed by atoms with E-state index < -0.39 is 5.97 Å². The first-order valence-corrected chi connectivity index (χ1v) is 8.03. The number of carbonyl (C=O) groups is 2. The number of nitrogens with zero attached hydrogens (tertiary/aromatic N) is 3. The van der Waals surface area contributed by atoms with Crippen molar-refractivity contribution < 1.29 is 14.7 Å². The Morgan fingerprint density at radius 3 is 2.83 bits per heavy atom. The van der Waals surface area contributed by atoms with Crippen molar-refractivity contribution >= 4 is 39.4 Å². The van der Waals surface area contributed by atoms with E-state index in [-0.39, 0.29) is 23.6 Å². The van der Waals surface area contributed by atoms with Crippen LogP contribution in [0, 0.1) is 5.92 Å². The van der Waals surface area contributed by atoms with Gasteiger partial charge in [0.1, 0.15) is 10.3 Å². The molecule has 1 aliphatic rings. The number of aromatic nitrogens is 3. The molecule has 1 saturated carbocycles. The van der Waals surface area contributed by atoms with Crippen LogP contribution in [0.3, 0.4) is 0 Å². The van der Waals surface area contributed by atoms with Gasteiger partial charge >= 0.3 is 5.97 Å². The standard InChI is InChI=1S/C14H12BrClN4O3/c15-11-6-10(13(21)18-8-4-7(5-8)14(22)23)20(19-11)12-9(16)2-1-3-17-12/h1-3,6-8H,4-5H2,(H,18,21)(H,22,23). The van der Waals surface area contributed by atoms with Gasteiger partial charge in [0.25, 0.3) is 5.91 Å². The number of rotatable bonds is 4. The van der Waals surface area contributed by atoms with Gasteiger partial charge in [0.2, 0.25) is 0 Å². The largest absolute Gasteiger partial charge is 0.481 e. The first kappa shape index (κ1) is 15.9. The lowest BCUT2D eigenvalue weighted by atomic mass is 9.80. The van der Waals surface area contributed by atoms with E-state index in [0.717, 1.165) is 0 Å². The third kappa shape index (κ3) is 3.23. The summed E-state index contributed by atoms with van der Waals surface area (Å²) in [7, 11) is 0. The summed E-state index contributed by atoms with van der Waals surface area (Å²) in [5, 5.41) is 16.2. The second kappa shape index (κ2) is 6.29. The van der Waals surface area contributed by atoms with Crippen LogP contribution >= 0.6 is 27.5 Å². The Bertz CT molecular complexity index is 773. The lowest BCUT2D eigenvalue weighted by Gasteiger charge is -2.32. The van der Waals surface area contributed by atoms with Crippen LogP contribution in [0.15, 0.2) is 29.0 Å². The first-order chi connectivity index (χ1) is 11.0. The van der Waals surface area contributed by atoms with Crippen molar-refractivity contribution in [2.24, 2.45) is 5.92 Å². The van der Waals surface area contributed by atoms with E-state index in [1.165, 1.54) is 4.68 Å². The van der Waals surface area contributed by atoms with E-state index in [1.54, 1.807) is 24.4 Å². The minimum Gasteiger partial charge on any atom is -0.481 e. The third-order valence-electron chi connectivity index (χ3n) is 3.67. The molecule has 7 nitrogen and oxygen atoms in total. The van der Waals surface area contributed by atoms with Gasteiger partial charge in [-0.1, -0.05) is 11.6 Å². The fourth-order valence-corrected chi connectivity index (χ4v) is 2.98. The van der Waals surface area contributed by atoms with Gasteiger partial charge in [-0.2, -0.15) is 5.10 Å². The number of hydrogen-bond acceptors (Lipinski definition) is 4. The fraction of sp³-hybridized carbons (Fsp3) is 0.286. The minimum absolute atomic E-state index is 0.148. The predicted molar refractivity (Wildman–Crippen MR) is 85.7 cm³/mol. The smallest absolute Gasteiger partial charge is 0.306 e. The zero-order chi connectivity index (χ0) is 16.6. The van der Waals surface area contributed by atoms with Crippen molar-refractivity contribution in [3.63, 3.8) is 0 Å². The topological polar surface area (TPSA) is 97.1 Å². The molecular weight excluding hydrogens is 388 g/mol. The van der Waals surface area contributed by atoms with Crippen molar-refractivity contribution in [3.8, 4) is 5.82 Å². The number of pyridine rings is 1. The SMILES string of the molecule is O=C(NC1CC(C(=O)O)C1)c1cc(Br)nn1-c1ncccc1Cl. The van der Waals surface area contributed by atoms with Crippen molar-refractivity contribution in [1.29, 1.82) is 0 Å². The van der Waals surface area contributed by atoms with Crippen molar-refractivity contribution in [2.45, 2.75) is 18.9 Å². The molecule has 120 valence electrons. The number of nitrogens with one attached hydrogen (secondary N) is 1. The lowest BCUT2D eigenvalue weighted by Crippen LogP contribution is -2.47. The molecule has 1 aliphatic carbocycles. The molecule has 9 heteroatoms. The Morgan fingerprint density at radius 2 is 2.17 bits per heavy atom. The van der Waals surface area contributed by atoms with E-state index in [4.69, 9.17) is 16.7 Å². The molecule has 2 N–H and O–H groups in total. The molecule has 0 spiro atoms. The minimum atomic E-state index is -0.830. The van der Waals surface area contributed by atoms with E-state index in [2.05, 4.69) is 31.3 Å². The van der Waals surface area contributed by atoms with E-state index in [9.17, 15) is 9.59 Å². The number of halogens is 2.